The van der Waals surface area contributed by atoms with E-state index in [0.717, 1.165) is 22.3 Å². The highest BCUT2D eigenvalue weighted by Gasteiger charge is 2.42. The summed E-state index contributed by atoms with van der Waals surface area (Å²) in [5, 5.41) is 36.2. The largest absolute Gasteiger partial charge is 0.508 e. The lowest BCUT2D eigenvalue weighted by molar-refractivity contribution is -0.263. The van der Waals surface area contributed by atoms with Gasteiger partial charge in [0.1, 0.15) is 5.75 Å². The van der Waals surface area contributed by atoms with Gasteiger partial charge in [0.15, 0.2) is 6.29 Å². The average Bonchev–Trinajstić information content (AvgIpc) is 3.05. The number of aliphatic hydroxyl groups excluding tert-OH is 2. The second-order valence-electron chi connectivity index (χ2n) is 11.3. The summed E-state index contributed by atoms with van der Waals surface area (Å²) in [5.41, 5.74) is 4.79. The summed E-state index contributed by atoms with van der Waals surface area (Å²) in [7, 11) is 1.93. The molecule has 45 heavy (non-hydrogen) atoms. The van der Waals surface area contributed by atoms with Crippen molar-refractivity contribution in [2.75, 3.05) is 32.0 Å². The van der Waals surface area contributed by atoms with Crippen molar-refractivity contribution in [2.45, 2.75) is 44.1 Å². The smallest absolute Gasteiger partial charge is 0.319 e. The molecule has 5 atom stereocenters. The number of ether oxygens (including phenoxy) is 2. The maximum Gasteiger partial charge on any atom is 0.319 e. The van der Waals surface area contributed by atoms with Gasteiger partial charge >= 0.3 is 6.03 Å². The quantitative estimate of drug-likeness (QED) is 0.149. The van der Waals surface area contributed by atoms with Crippen LogP contribution in [0.3, 0.4) is 0 Å². The van der Waals surface area contributed by atoms with Crippen molar-refractivity contribution in [3.63, 3.8) is 0 Å². The van der Waals surface area contributed by atoms with E-state index in [4.69, 9.17) is 9.47 Å². The van der Waals surface area contributed by atoms with Crippen LogP contribution in [-0.4, -0.2) is 59.0 Å². The van der Waals surface area contributed by atoms with Crippen molar-refractivity contribution in [3.8, 4) is 5.75 Å². The molecule has 4 aromatic rings. The number of nitrogens with one attached hydrogen (secondary N) is 2. The summed E-state index contributed by atoms with van der Waals surface area (Å²) in [6.07, 6.45) is -2.34. The molecule has 236 valence electrons. The van der Waals surface area contributed by atoms with Crippen molar-refractivity contribution in [2.24, 2.45) is 0 Å². The molecule has 1 aliphatic rings. The van der Waals surface area contributed by atoms with Crippen LogP contribution in [0.15, 0.2) is 103 Å². The second kappa shape index (κ2) is 15.2. The molecule has 5 rings (SSSR count). The Balaban J connectivity index is 1.48. The van der Waals surface area contributed by atoms with Gasteiger partial charge in [0.05, 0.1) is 24.9 Å². The van der Waals surface area contributed by atoms with Gasteiger partial charge in [-0.3, -0.25) is 0 Å². The third kappa shape index (κ3) is 8.27. The summed E-state index contributed by atoms with van der Waals surface area (Å²) >= 11 is 0. The fraction of sp³-hybridized carbons (Fsp3) is 0.306. The van der Waals surface area contributed by atoms with E-state index in [1.807, 2.05) is 85.6 Å². The first-order valence-electron chi connectivity index (χ1n) is 15.2. The molecule has 4 aromatic carbocycles. The third-order valence-electron chi connectivity index (χ3n) is 7.96. The maximum absolute atomic E-state index is 12.2. The number of aliphatic hydroxyl groups is 2. The number of hydrogen-bond donors (Lipinski definition) is 5. The van der Waals surface area contributed by atoms with Gasteiger partial charge in [-0.25, -0.2) is 4.79 Å². The van der Waals surface area contributed by atoms with Crippen LogP contribution in [0.4, 0.5) is 10.5 Å². The highest BCUT2D eigenvalue weighted by Crippen LogP contribution is 2.47. The number of nitrogens with zero attached hydrogens (tertiary/aromatic N) is 1. The van der Waals surface area contributed by atoms with E-state index in [1.165, 1.54) is 0 Å². The Labute approximate surface area is 264 Å². The topological polar surface area (TPSA) is 124 Å². The zero-order valence-corrected chi connectivity index (χ0v) is 25.5. The van der Waals surface area contributed by atoms with Crippen LogP contribution < -0.4 is 10.6 Å². The van der Waals surface area contributed by atoms with Crippen LogP contribution in [0.5, 0.6) is 5.75 Å². The SMILES string of the molecule is CCNC(=O)Nc1cccc(C2O[C@H](CN(C)C[C@@H](O)c3cccc(O)c3)[C@@H](c3ccccc3)[C@H](c3ccc(CO)cc3)O2)c1. The number of aromatic hydroxyl groups is 1. The van der Waals surface area contributed by atoms with E-state index in [9.17, 15) is 20.1 Å². The number of carbonyl (C=O) groups excluding carboxylic acids is 1. The minimum atomic E-state index is -0.813. The summed E-state index contributed by atoms with van der Waals surface area (Å²) in [6.45, 7) is 3.10. The molecule has 0 bridgehead atoms. The summed E-state index contributed by atoms with van der Waals surface area (Å²) in [6, 6.07) is 31.6. The second-order valence-corrected chi connectivity index (χ2v) is 11.3. The lowest BCUT2D eigenvalue weighted by Crippen LogP contribution is -2.44. The molecule has 9 heteroatoms. The van der Waals surface area contributed by atoms with E-state index in [-0.39, 0.29) is 30.4 Å². The number of amides is 2. The first kappa shape index (κ1) is 32.2. The molecule has 1 saturated heterocycles. The first-order valence-corrected chi connectivity index (χ1v) is 15.2. The predicted molar refractivity (Wildman–Crippen MR) is 173 cm³/mol. The zero-order chi connectivity index (χ0) is 31.8. The summed E-state index contributed by atoms with van der Waals surface area (Å²) in [5.74, 6) is -0.104. The molecular formula is C36H41N3O6. The summed E-state index contributed by atoms with van der Waals surface area (Å²) in [4.78, 5) is 14.3. The van der Waals surface area contributed by atoms with Crippen molar-refractivity contribution < 1.29 is 29.6 Å². The highest BCUT2D eigenvalue weighted by atomic mass is 16.7. The van der Waals surface area contributed by atoms with Crippen LogP contribution in [0.2, 0.25) is 0 Å². The lowest BCUT2D eigenvalue weighted by Gasteiger charge is -2.44. The van der Waals surface area contributed by atoms with Crippen LogP contribution in [0.25, 0.3) is 0 Å². The number of anilines is 1. The number of rotatable bonds is 11. The molecule has 0 spiro atoms. The molecule has 1 aliphatic heterocycles. The molecule has 1 unspecified atom stereocenters. The highest BCUT2D eigenvalue weighted by molar-refractivity contribution is 5.89. The Bertz CT molecular complexity index is 1530. The Hall–Kier alpha value is -4.25. The zero-order valence-electron chi connectivity index (χ0n) is 25.5. The maximum atomic E-state index is 12.2. The number of urea groups is 1. The van der Waals surface area contributed by atoms with E-state index in [0.29, 0.717) is 30.9 Å². The van der Waals surface area contributed by atoms with Crippen LogP contribution in [0, 0.1) is 0 Å². The Morgan fingerprint density at radius 3 is 2.33 bits per heavy atom. The molecule has 2 amide bonds. The number of benzene rings is 4. The molecular weight excluding hydrogens is 570 g/mol. The Kier molecular flexibility index (Phi) is 10.8. The minimum absolute atomic E-state index is 0.0556. The summed E-state index contributed by atoms with van der Waals surface area (Å²) < 4.78 is 13.5. The van der Waals surface area contributed by atoms with Crippen LogP contribution >= 0.6 is 0 Å². The van der Waals surface area contributed by atoms with Crippen LogP contribution in [0.1, 0.15) is 59.2 Å². The molecule has 0 aromatic heterocycles. The first-order chi connectivity index (χ1) is 21.8. The molecule has 9 nitrogen and oxygen atoms in total. The molecule has 0 radical (unpaired) electrons. The third-order valence-corrected chi connectivity index (χ3v) is 7.96. The molecule has 0 aliphatic carbocycles. The normalized spacial score (nSPS) is 20.5. The standard InChI is InChI=1S/C36H41N3O6/c1-3-37-36(43)38-29-13-7-12-28(19-29)35-44-32(22-39(2)21-31(42)27-11-8-14-30(41)20-27)33(25-9-5-4-6-10-25)34(45-35)26-17-15-24(23-40)16-18-26/h4-20,31-35,40-42H,3,21-23H2,1-2H3,(H2,37,38,43)/t31-,32-,33-,34+,35?/m1/s1. The van der Waals surface area contributed by atoms with E-state index in [2.05, 4.69) is 22.8 Å². The van der Waals surface area contributed by atoms with Crippen molar-refractivity contribution in [1.82, 2.24) is 10.2 Å². The number of carbonyl (C=O) groups is 1. The molecule has 1 heterocycles. The average molecular weight is 612 g/mol. The van der Waals surface area contributed by atoms with Gasteiger partial charge in [-0.1, -0.05) is 78.9 Å². The van der Waals surface area contributed by atoms with E-state index >= 15 is 0 Å². The van der Waals surface area contributed by atoms with E-state index < -0.39 is 18.5 Å². The molecule has 5 N–H and O–H groups in total. The molecule has 0 saturated carbocycles. The fourth-order valence-corrected chi connectivity index (χ4v) is 5.78. The van der Waals surface area contributed by atoms with Gasteiger partial charge in [0.2, 0.25) is 0 Å². The Morgan fingerprint density at radius 2 is 1.62 bits per heavy atom. The van der Waals surface area contributed by atoms with Gasteiger partial charge in [-0.2, -0.15) is 0 Å². The van der Waals surface area contributed by atoms with Gasteiger partial charge in [0, 0.05) is 36.8 Å². The Morgan fingerprint density at radius 1 is 0.889 bits per heavy atom. The van der Waals surface area contributed by atoms with E-state index in [1.54, 1.807) is 24.3 Å². The van der Waals surface area contributed by atoms with Crippen molar-refractivity contribution in [3.05, 3.63) is 131 Å². The van der Waals surface area contributed by atoms with Gasteiger partial charge in [0.25, 0.3) is 0 Å². The van der Waals surface area contributed by atoms with Crippen molar-refractivity contribution in [1.29, 1.82) is 0 Å². The van der Waals surface area contributed by atoms with Crippen molar-refractivity contribution >= 4 is 11.7 Å². The molecule has 1 fully saturated rings. The van der Waals surface area contributed by atoms with Gasteiger partial charge in [-0.15, -0.1) is 0 Å². The van der Waals surface area contributed by atoms with Crippen LogP contribution in [-0.2, 0) is 16.1 Å². The predicted octanol–water partition coefficient (Wildman–Crippen LogP) is 5.63. The number of likely N-dealkylation sites (N-methyl/N-ethyl adjacent to an activating group) is 1. The van der Waals surface area contributed by atoms with Gasteiger partial charge in [-0.05, 0) is 60.5 Å². The minimum Gasteiger partial charge on any atom is -0.508 e. The van der Waals surface area contributed by atoms with Gasteiger partial charge < -0.3 is 40.3 Å². The lowest BCUT2D eigenvalue weighted by atomic mass is 9.83. The number of hydrogen-bond acceptors (Lipinski definition) is 7. The number of phenols is 1. The number of phenolic OH excluding ortho intramolecular Hbond substituents is 1. The fourth-order valence-electron chi connectivity index (χ4n) is 5.78. The monoisotopic (exact) mass is 611 g/mol.